The molecule has 1 aromatic heterocycles. The summed E-state index contributed by atoms with van der Waals surface area (Å²) in [6, 6.07) is 9.41. The van der Waals surface area contributed by atoms with Crippen molar-refractivity contribution in [1.82, 2.24) is 24.5 Å². The van der Waals surface area contributed by atoms with E-state index in [0.29, 0.717) is 5.69 Å². The van der Waals surface area contributed by atoms with E-state index in [1.165, 1.54) is 0 Å². The average molecular weight is 413 g/mol. The van der Waals surface area contributed by atoms with E-state index < -0.39 is 0 Å². The Labute approximate surface area is 178 Å². The van der Waals surface area contributed by atoms with Crippen LogP contribution in [-0.4, -0.2) is 82.6 Å². The van der Waals surface area contributed by atoms with Crippen LogP contribution in [0.5, 0.6) is 0 Å². The van der Waals surface area contributed by atoms with Gasteiger partial charge in [-0.1, -0.05) is 44.2 Å². The molecule has 1 aromatic carbocycles. The second kappa shape index (κ2) is 10.4. The lowest BCUT2D eigenvalue weighted by atomic mass is 10.0. The summed E-state index contributed by atoms with van der Waals surface area (Å²) in [5.74, 6) is -0.0516. The van der Waals surface area contributed by atoms with Crippen molar-refractivity contribution in [2.24, 2.45) is 0 Å². The summed E-state index contributed by atoms with van der Waals surface area (Å²) >= 11 is 0. The first-order valence-electron chi connectivity index (χ1n) is 10.6. The van der Waals surface area contributed by atoms with Gasteiger partial charge in [0.25, 0.3) is 0 Å². The molecular formula is C22H32N6O2. The molecule has 0 bridgehead atoms. The molecule has 8 nitrogen and oxygen atoms in total. The van der Waals surface area contributed by atoms with Crippen LogP contribution >= 0.6 is 0 Å². The molecule has 0 saturated carbocycles. The minimum Gasteiger partial charge on any atom is -0.339 e. The Hall–Kier alpha value is -2.71. The molecule has 2 aromatic rings. The molecule has 8 heteroatoms. The van der Waals surface area contributed by atoms with E-state index in [0.717, 1.165) is 44.8 Å². The van der Waals surface area contributed by atoms with Crippen LogP contribution in [-0.2, 0) is 16.1 Å². The van der Waals surface area contributed by atoms with Gasteiger partial charge >= 0.3 is 0 Å². The first-order chi connectivity index (χ1) is 14.5. The summed E-state index contributed by atoms with van der Waals surface area (Å²) in [4.78, 5) is 31.8. The minimum absolute atomic E-state index is 0.0504. The largest absolute Gasteiger partial charge is 0.339 e. The second-order valence-electron chi connectivity index (χ2n) is 7.63. The fourth-order valence-corrected chi connectivity index (χ4v) is 3.77. The van der Waals surface area contributed by atoms with Crippen molar-refractivity contribution >= 4 is 17.5 Å². The molecule has 0 aliphatic carbocycles. The van der Waals surface area contributed by atoms with Crippen molar-refractivity contribution in [3.63, 3.8) is 0 Å². The van der Waals surface area contributed by atoms with E-state index in [-0.39, 0.29) is 24.4 Å². The van der Waals surface area contributed by atoms with Gasteiger partial charge in [-0.15, -0.1) is 0 Å². The third-order valence-corrected chi connectivity index (χ3v) is 5.60. The number of piperazine rings is 1. The van der Waals surface area contributed by atoms with E-state index in [9.17, 15) is 9.59 Å². The third kappa shape index (κ3) is 5.46. The number of likely N-dealkylation sites (N-methyl/N-ethyl adjacent to an activating group) is 2. The van der Waals surface area contributed by atoms with Crippen LogP contribution in [0.15, 0.2) is 42.7 Å². The maximum Gasteiger partial charge on any atom is 0.246 e. The van der Waals surface area contributed by atoms with Gasteiger partial charge in [-0.25, -0.2) is 0 Å². The van der Waals surface area contributed by atoms with Crippen LogP contribution in [0.25, 0.3) is 0 Å². The van der Waals surface area contributed by atoms with Gasteiger partial charge in [-0.3, -0.25) is 19.2 Å². The van der Waals surface area contributed by atoms with E-state index in [1.54, 1.807) is 17.1 Å². The predicted molar refractivity (Wildman–Crippen MR) is 117 cm³/mol. The molecule has 1 unspecified atom stereocenters. The van der Waals surface area contributed by atoms with Crippen LogP contribution in [0.3, 0.4) is 0 Å². The zero-order valence-electron chi connectivity index (χ0n) is 18.1. The first kappa shape index (κ1) is 22.0. The third-order valence-electron chi connectivity index (χ3n) is 5.60. The van der Waals surface area contributed by atoms with Crippen LogP contribution in [0, 0.1) is 0 Å². The van der Waals surface area contributed by atoms with E-state index in [2.05, 4.69) is 41.1 Å². The fourth-order valence-electron chi connectivity index (χ4n) is 3.77. The molecule has 2 heterocycles. The highest BCUT2D eigenvalue weighted by Gasteiger charge is 2.26. The second-order valence-corrected chi connectivity index (χ2v) is 7.63. The minimum atomic E-state index is -0.378. The number of anilines is 1. The molecular weight excluding hydrogens is 380 g/mol. The number of amides is 2. The quantitative estimate of drug-likeness (QED) is 0.714. The number of benzene rings is 1. The molecule has 1 fully saturated rings. The SMILES string of the molecule is CCN(CC)C(C(=O)Nc1cnn(CC(=O)N2CCN(C)CC2)c1)c1ccccc1. The zero-order chi connectivity index (χ0) is 21.5. The van der Waals surface area contributed by atoms with Gasteiger partial charge in [0.1, 0.15) is 12.6 Å². The fraction of sp³-hybridized carbons (Fsp3) is 0.500. The molecule has 30 heavy (non-hydrogen) atoms. The first-order valence-corrected chi connectivity index (χ1v) is 10.6. The Morgan fingerprint density at radius 3 is 2.40 bits per heavy atom. The Kier molecular flexibility index (Phi) is 7.59. The van der Waals surface area contributed by atoms with Gasteiger partial charge in [0.15, 0.2) is 0 Å². The highest BCUT2D eigenvalue weighted by molar-refractivity contribution is 5.95. The molecule has 1 aliphatic rings. The van der Waals surface area contributed by atoms with E-state index in [4.69, 9.17) is 0 Å². The number of hydrogen-bond acceptors (Lipinski definition) is 5. The summed E-state index contributed by atoms with van der Waals surface area (Å²) in [6.07, 6.45) is 3.32. The van der Waals surface area contributed by atoms with Crippen LogP contribution in [0.1, 0.15) is 25.5 Å². The molecule has 1 atom stereocenters. The zero-order valence-corrected chi connectivity index (χ0v) is 18.1. The molecule has 0 spiro atoms. The van der Waals surface area contributed by atoms with E-state index >= 15 is 0 Å². The normalized spacial score (nSPS) is 15.9. The number of nitrogens with one attached hydrogen (secondary N) is 1. The maximum absolute atomic E-state index is 13.1. The van der Waals surface area contributed by atoms with Gasteiger partial charge in [-0.2, -0.15) is 5.10 Å². The highest BCUT2D eigenvalue weighted by Crippen LogP contribution is 2.22. The lowest BCUT2D eigenvalue weighted by molar-refractivity contribution is -0.133. The standard InChI is InChI=1S/C22H32N6O2/c1-4-26(5-2)21(18-9-7-6-8-10-18)22(30)24-19-15-23-28(16-19)17-20(29)27-13-11-25(3)12-14-27/h6-10,15-16,21H,4-5,11-14,17H2,1-3H3,(H,24,30). The summed E-state index contributed by atoms with van der Waals surface area (Å²) < 4.78 is 1.59. The molecule has 0 radical (unpaired) electrons. The lowest BCUT2D eigenvalue weighted by Gasteiger charge is -2.32. The van der Waals surface area contributed by atoms with Crippen LogP contribution < -0.4 is 5.32 Å². The topological polar surface area (TPSA) is 73.7 Å². The maximum atomic E-state index is 13.1. The van der Waals surface area contributed by atoms with Crippen molar-refractivity contribution in [2.75, 3.05) is 51.6 Å². The van der Waals surface area contributed by atoms with Gasteiger partial charge in [-0.05, 0) is 25.7 Å². The number of aromatic nitrogens is 2. The van der Waals surface area contributed by atoms with Crippen molar-refractivity contribution in [3.05, 3.63) is 48.3 Å². The number of rotatable bonds is 8. The highest BCUT2D eigenvalue weighted by atomic mass is 16.2. The summed E-state index contributed by atoms with van der Waals surface area (Å²) in [5.41, 5.74) is 1.55. The Morgan fingerprint density at radius 1 is 1.10 bits per heavy atom. The average Bonchev–Trinajstić information content (AvgIpc) is 3.19. The van der Waals surface area contributed by atoms with Gasteiger partial charge in [0.2, 0.25) is 11.8 Å². The van der Waals surface area contributed by atoms with Crippen molar-refractivity contribution in [1.29, 1.82) is 0 Å². The summed E-state index contributed by atoms with van der Waals surface area (Å²) in [6.45, 7) is 9.06. The van der Waals surface area contributed by atoms with Crippen molar-refractivity contribution < 1.29 is 9.59 Å². The number of nitrogens with zero attached hydrogens (tertiary/aromatic N) is 5. The molecule has 1 saturated heterocycles. The molecule has 162 valence electrons. The van der Waals surface area contributed by atoms with E-state index in [1.807, 2.05) is 35.2 Å². The monoisotopic (exact) mass is 412 g/mol. The van der Waals surface area contributed by atoms with Gasteiger partial charge in [0.05, 0.1) is 11.9 Å². The molecule has 1 N–H and O–H groups in total. The predicted octanol–water partition coefficient (Wildman–Crippen LogP) is 1.68. The molecule has 2 amide bonds. The Morgan fingerprint density at radius 2 is 1.77 bits per heavy atom. The van der Waals surface area contributed by atoms with Crippen molar-refractivity contribution in [2.45, 2.75) is 26.4 Å². The Bertz CT molecular complexity index is 825. The molecule has 3 rings (SSSR count). The lowest BCUT2D eigenvalue weighted by Crippen LogP contribution is -2.48. The number of hydrogen-bond donors (Lipinski definition) is 1. The van der Waals surface area contributed by atoms with Crippen LogP contribution in [0.4, 0.5) is 5.69 Å². The number of carbonyl (C=O) groups is 2. The van der Waals surface area contributed by atoms with Gasteiger partial charge < -0.3 is 15.1 Å². The molecule has 1 aliphatic heterocycles. The summed E-state index contributed by atoms with van der Waals surface area (Å²) in [5, 5.41) is 7.24. The van der Waals surface area contributed by atoms with Gasteiger partial charge in [0, 0.05) is 32.4 Å². The Balaban J connectivity index is 1.64. The smallest absolute Gasteiger partial charge is 0.246 e. The van der Waals surface area contributed by atoms with Crippen LogP contribution in [0.2, 0.25) is 0 Å². The summed E-state index contributed by atoms with van der Waals surface area (Å²) in [7, 11) is 2.06. The number of carbonyl (C=O) groups excluding carboxylic acids is 2. The van der Waals surface area contributed by atoms with Crippen molar-refractivity contribution in [3.8, 4) is 0 Å².